The van der Waals surface area contributed by atoms with Crippen LogP contribution in [-0.2, 0) is 20.9 Å². The Labute approximate surface area is 266 Å². The summed E-state index contributed by atoms with van der Waals surface area (Å²) in [5.41, 5.74) is 2.15. The first-order chi connectivity index (χ1) is 21.8. The van der Waals surface area contributed by atoms with Crippen LogP contribution in [0.1, 0.15) is 22.8 Å². The van der Waals surface area contributed by atoms with E-state index in [0.29, 0.717) is 11.4 Å². The van der Waals surface area contributed by atoms with Gasteiger partial charge >= 0.3 is 4.87 Å². The SMILES string of the molecule is COc1ccc(C2c3sc(=O)n(CC(=O)Nc4ccc(O)cc4)c3SC3C4CC(C5C(=O)N(c6ccccc6)C(=O)C45)C23)cc1. The molecule has 3 aromatic carbocycles. The van der Waals surface area contributed by atoms with Crippen molar-refractivity contribution in [1.82, 2.24) is 4.57 Å². The van der Waals surface area contributed by atoms with Crippen molar-refractivity contribution in [3.05, 3.63) is 99.0 Å². The molecular weight excluding hydrogens is 611 g/mol. The zero-order valence-corrected chi connectivity index (χ0v) is 25.8. The minimum atomic E-state index is -0.397. The van der Waals surface area contributed by atoms with E-state index < -0.39 is 5.92 Å². The van der Waals surface area contributed by atoms with Crippen molar-refractivity contribution >= 4 is 52.2 Å². The van der Waals surface area contributed by atoms with Gasteiger partial charge in [0.2, 0.25) is 17.7 Å². The molecule has 1 saturated heterocycles. The Hall–Kier alpha value is -4.35. The van der Waals surface area contributed by atoms with Crippen molar-refractivity contribution in [1.29, 1.82) is 0 Å². The lowest BCUT2D eigenvalue weighted by Crippen LogP contribution is -2.43. The molecule has 1 aromatic heterocycles. The van der Waals surface area contributed by atoms with Crippen LogP contribution in [-0.4, -0.2) is 39.8 Å². The largest absolute Gasteiger partial charge is 0.508 e. The highest BCUT2D eigenvalue weighted by Gasteiger charge is 2.69. The number of thiazole rings is 1. The van der Waals surface area contributed by atoms with Crippen molar-refractivity contribution in [2.24, 2.45) is 29.6 Å². The van der Waals surface area contributed by atoms with Gasteiger partial charge in [0.15, 0.2) is 0 Å². The summed E-state index contributed by atoms with van der Waals surface area (Å²) < 4.78 is 6.97. The summed E-state index contributed by atoms with van der Waals surface area (Å²) in [5.74, 6) is -0.728. The van der Waals surface area contributed by atoms with Crippen LogP contribution >= 0.6 is 23.1 Å². The smallest absolute Gasteiger partial charge is 0.308 e. The Bertz CT molecular complexity index is 1890. The normalized spacial score (nSPS) is 27.7. The van der Waals surface area contributed by atoms with Gasteiger partial charge < -0.3 is 15.2 Å². The number of carbonyl (C=O) groups is 3. The van der Waals surface area contributed by atoms with E-state index >= 15 is 0 Å². The van der Waals surface area contributed by atoms with Gasteiger partial charge in [-0.25, -0.2) is 0 Å². The molecule has 0 radical (unpaired) electrons. The van der Waals surface area contributed by atoms with Crippen LogP contribution in [0.25, 0.3) is 0 Å². The number of aromatic nitrogens is 1. The first-order valence-electron chi connectivity index (χ1n) is 14.9. The minimum absolute atomic E-state index is 0.00346. The van der Waals surface area contributed by atoms with Crippen LogP contribution in [0.3, 0.4) is 0 Å². The number of nitrogens with one attached hydrogen (secondary N) is 1. The number of anilines is 2. The number of methoxy groups -OCH3 is 1. The van der Waals surface area contributed by atoms with Gasteiger partial charge in [0.25, 0.3) is 0 Å². The molecule has 4 aromatic rings. The third-order valence-electron chi connectivity index (χ3n) is 9.89. The van der Waals surface area contributed by atoms with Crippen LogP contribution in [0.2, 0.25) is 0 Å². The Morgan fingerprint density at radius 3 is 2.31 bits per heavy atom. The van der Waals surface area contributed by atoms with Crippen LogP contribution in [0.15, 0.2) is 88.7 Å². The Morgan fingerprint density at radius 1 is 0.933 bits per heavy atom. The second-order valence-corrected chi connectivity index (χ2v) is 14.3. The maximum absolute atomic E-state index is 14.0. The molecule has 11 heteroatoms. The van der Waals surface area contributed by atoms with E-state index in [1.54, 1.807) is 47.7 Å². The zero-order valence-electron chi connectivity index (χ0n) is 24.2. The Kier molecular flexibility index (Phi) is 6.65. The van der Waals surface area contributed by atoms with E-state index in [4.69, 9.17) is 4.74 Å². The molecule has 7 atom stereocenters. The predicted molar refractivity (Wildman–Crippen MR) is 171 cm³/mol. The first kappa shape index (κ1) is 28.1. The van der Waals surface area contributed by atoms with Crippen molar-refractivity contribution in [3.63, 3.8) is 0 Å². The molecule has 4 aliphatic rings. The second-order valence-electron chi connectivity index (χ2n) is 12.1. The van der Waals surface area contributed by atoms with Gasteiger partial charge in [0.1, 0.15) is 18.0 Å². The van der Waals surface area contributed by atoms with Crippen LogP contribution < -0.4 is 19.8 Å². The molecule has 2 N–H and O–H groups in total. The van der Waals surface area contributed by atoms with Crippen LogP contribution in [0.4, 0.5) is 11.4 Å². The van der Waals surface area contributed by atoms with E-state index in [9.17, 15) is 24.3 Å². The molecule has 8 rings (SSSR count). The number of rotatable bonds is 6. The second kappa shape index (κ2) is 10.6. The number of amides is 3. The number of hydrogen-bond donors (Lipinski definition) is 2. The molecule has 2 bridgehead atoms. The number of imide groups is 1. The molecule has 3 amide bonds. The molecule has 9 nitrogen and oxygen atoms in total. The number of phenolic OH excluding ortho intramolecular Hbond substituents is 1. The summed E-state index contributed by atoms with van der Waals surface area (Å²) >= 11 is 2.76. The fourth-order valence-electron chi connectivity index (χ4n) is 8.16. The van der Waals surface area contributed by atoms with E-state index in [-0.39, 0.29) is 69.7 Å². The molecule has 3 heterocycles. The van der Waals surface area contributed by atoms with Gasteiger partial charge in [-0.1, -0.05) is 41.7 Å². The van der Waals surface area contributed by atoms with Crippen LogP contribution in [0.5, 0.6) is 11.5 Å². The number of para-hydroxylation sites is 1. The molecule has 2 saturated carbocycles. The Balaban J connectivity index is 1.18. The van der Waals surface area contributed by atoms with Crippen molar-refractivity contribution < 1.29 is 24.2 Å². The minimum Gasteiger partial charge on any atom is -0.508 e. The third kappa shape index (κ3) is 4.35. The molecular formula is C34H29N3O6S2. The number of nitrogens with zero attached hydrogens (tertiary/aromatic N) is 2. The van der Waals surface area contributed by atoms with Gasteiger partial charge in [0, 0.05) is 21.7 Å². The lowest BCUT2D eigenvalue weighted by molar-refractivity contribution is -0.123. The van der Waals surface area contributed by atoms with E-state index in [1.165, 1.54) is 17.0 Å². The van der Waals surface area contributed by atoms with Gasteiger partial charge in [-0.3, -0.25) is 28.6 Å². The quantitative estimate of drug-likeness (QED) is 0.227. The van der Waals surface area contributed by atoms with E-state index in [1.807, 2.05) is 42.5 Å². The van der Waals surface area contributed by atoms with Crippen molar-refractivity contribution in [3.8, 4) is 11.5 Å². The molecule has 7 unspecified atom stereocenters. The Morgan fingerprint density at radius 2 is 1.62 bits per heavy atom. The maximum Gasteiger partial charge on any atom is 0.308 e. The number of benzene rings is 3. The number of hydrogen-bond acceptors (Lipinski definition) is 8. The average Bonchev–Trinajstić information content (AvgIpc) is 3.77. The fourth-order valence-corrected chi connectivity index (χ4v) is 11.3. The van der Waals surface area contributed by atoms with Gasteiger partial charge in [-0.15, -0.1) is 11.8 Å². The molecule has 228 valence electrons. The molecule has 2 aliphatic heterocycles. The average molecular weight is 640 g/mol. The summed E-state index contributed by atoms with van der Waals surface area (Å²) in [4.78, 5) is 56.6. The van der Waals surface area contributed by atoms with E-state index in [2.05, 4.69) is 5.32 Å². The van der Waals surface area contributed by atoms with Gasteiger partial charge in [0.05, 0.1) is 29.7 Å². The zero-order chi connectivity index (χ0) is 31.0. The number of carbonyl (C=O) groups excluding carboxylic acids is 3. The molecule has 45 heavy (non-hydrogen) atoms. The number of aromatic hydroxyl groups is 1. The lowest BCUT2D eigenvalue weighted by atomic mass is 9.68. The lowest BCUT2D eigenvalue weighted by Gasteiger charge is -2.43. The standard InChI is InChI=1S/C34H29N3O6S2/c1-43-21-13-7-17(8-14-21)25-26-22-15-23(28-27(22)31(40)37(32(28)41)19-5-3-2-4-6-19)29(26)44-33-30(25)45-34(42)36(33)16-24(39)35-18-9-11-20(38)12-10-18/h2-14,22-23,25-29,38H,15-16H2,1H3,(H,35,39). The van der Waals surface area contributed by atoms with Crippen LogP contribution in [0, 0.1) is 29.6 Å². The van der Waals surface area contributed by atoms with E-state index in [0.717, 1.165) is 39.0 Å². The summed E-state index contributed by atoms with van der Waals surface area (Å²) in [6.07, 6.45) is 0.783. The first-order valence-corrected chi connectivity index (χ1v) is 16.6. The fraction of sp³-hybridized carbons (Fsp3) is 0.294. The van der Waals surface area contributed by atoms with Crippen molar-refractivity contribution in [2.45, 2.75) is 29.2 Å². The monoisotopic (exact) mass is 639 g/mol. The number of phenols is 1. The van der Waals surface area contributed by atoms with Crippen molar-refractivity contribution in [2.75, 3.05) is 17.3 Å². The summed E-state index contributed by atoms with van der Waals surface area (Å²) in [6.45, 7) is -0.162. The highest BCUT2D eigenvalue weighted by Crippen LogP contribution is 2.69. The molecule has 0 spiro atoms. The maximum atomic E-state index is 14.0. The van der Waals surface area contributed by atoms with Gasteiger partial charge in [-0.2, -0.15) is 0 Å². The van der Waals surface area contributed by atoms with Gasteiger partial charge in [-0.05, 0) is 78.3 Å². The predicted octanol–water partition coefficient (Wildman–Crippen LogP) is 4.94. The highest BCUT2D eigenvalue weighted by molar-refractivity contribution is 8.00. The summed E-state index contributed by atoms with van der Waals surface area (Å²) in [5, 5.41) is 13.2. The number of ether oxygens (including phenoxy) is 1. The number of thioether (sulfide) groups is 1. The summed E-state index contributed by atoms with van der Waals surface area (Å²) in [6, 6.07) is 23.2. The highest BCUT2D eigenvalue weighted by atomic mass is 32.2. The number of fused-ring (bicyclic) bond motifs is 9. The topological polar surface area (TPSA) is 118 Å². The summed E-state index contributed by atoms with van der Waals surface area (Å²) in [7, 11) is 1.62. The molecule has 3 fully saturated rings. The molecule has 2 aliphatic carbocycles. The third-order valence-corrected chi connectivity index (χ3v) is 12.7.